The molecule has 95 valence electrons. The second-order valence-electron chi connectivity index (χ2n) is 4.61. The Morgan fingerprint density at radius 2 is 1.89 bits per heavy atom. The van der Waals surface area contributed by atoms with Gasteiger partial charge in [-0.2, -0.15) is 4.58 Å². The van der Waals surface area contributed by atoms with Gasteiger partial charge in [0.15, 0.2) is 6.21 Å². The van der Waals surface area contributed by atoms with Gasteiger partial charge < -0.3 is 4.74 Å². The largest absolute Gasteiger partial charge is 0.435 e. The Hall–Kier alpha value is -1.44. The van der Waals surface area contributed by atoms with Gasteiger partial charge in [0, 0.05) is 12.1 Å². The summed E-state index contributed by atoms with van der Waals surface area (Å²) in [7, 11) is 2.35. The lowest BCUT2D eigenvalue weighted by Gasteiger charge is -2.17. The fourth-order valence-corrected chi connectivity index (χ4v) is 3.85. The number of rotatable bonds is 2. The van der Waals surface area contributed by atoms with Gasteiger partial charge in [-0.1, -0.05) is 36.9 Å². The maximum atomic E-state index is 5.99. The molecule has 0 spiro atoms. The number of ether oxygens (including phenoxy) is 1. The first-order valence-electron chi connectivity index (χ1n) is 6.27. The van der Waals surface area contributed by atoms with E-state index in [2.05, 4.69) is 56.5 Å². The lowest BCUT2D eigenvalue weighted by atomic mass is 10.2. The molecule has 0 aromatic heterocycles. The Balaban J connectivity index is 2.05. The van der Waals surface area contributed by atoms with Crippen molar-refractivity contribution in [3.8, 4) is 5.75 Å². The summed E-state index contributed by atoms with van der Waals surface area (Å²) in [5.41, 5.74) is 2.32. The number of benzene rings is 2. The van der Waals surface area contributed by atoms with E-state index in [-0.39, 0.29) is 0 Å². The lowest BCUT2D eigenvalue weighted by molar-refractivity contribution is -0.476. The lowest BCUT2D eigenvalue weighted by Crippen LogP contribution is -2.29. The van der Waals surface area contributed by atoms with Crippen molar-refractivity contribution in [1.29, 1.82) is 0 Å². The summed E-state index contributed by atoms with van der Waals surface area (Å²) < 4.78 is 8.13. The first-order valence-corrected chi connectivity index (χ1v) is 10.1. The molecule has 1 atom stereocenters. The number of para-hydroxylation sites is 2. The van der Waals surface area contributed by atoms with Crippen LogP contribution in [0.3, 0.4) is 0 Å². The molecule has 1 aliphatic heterocycles. The quantitative estimate of drug-likeness (QED) is 0.469. The summed E-state index contributed by atoms with van der Waals surface area (Å²) in [6.07, 6.45) is 2.17. The minimum absolute atomic E-state index is 0.577. The van der Waals surface area contributed by atoms with E-state index >= 15 is 0 Å². The summed E-state index contributed by atoms with van der Waals surface area (Å²) >= 11 is 0. The summed E-state index contributed by atoms with van der Waals surface area (Å²) in [6.45, 7) is 2.84. The molecule has 0 bridgehead atoms. The van der Waals surface area contributed by atoms with Crippen LogP contribution in [0.2, 0.25) is 6.55 Å². The maximum Gasteiger partial charge on any atom is 0.292 e. The van der Waals surface area contributed by atoms with Crippen LogP contribution in [-0.2, 0) is 0 Å². The van der Waals surface area contributed by atoms with Crippen LogP contribution in [0.15, 0.2) is 48.5 Å². The maximum absolute atomic E-state index is 5.99. The Morgan fingerprint density at radius 3 is 2.63 bits per heavy atom. The van der Waals surface area contributed by atoms with Gasteiger partial charge in [-0.25, -0.2) is 0 Å². The molecule has 0 amide bonds. The van der Waals surface area contributed by atoms with Crippen molar-refractivity contribution in [2.24, 2.45) is 0 Å². The van der Waals surface area contributed by atoms with E-state index in [1.54, 1.807) is 0 Å². The Morgan fingerprint density at radius 1 is 1.11 bits per heavy atom. The SMILES string of the molecule is C[Si](P)c1cccc2c1OC[N+](c1ccccc1)=C2. The predicted octanol–water partition coefficient (Wildman–Crippen LogP) is 2.50. The van der Waals surface area contributed by atoms with Crippen molar-refractivity contribution in [3.05, 3.63) is 54.1 Å². The molecule has 4 heteroatoms. The van der Waals surface area contributed by atoms with Gasteiger partial charge in [-0.05, 0) is 11.3 Å². The summed E-state index contributed by atoms with van der Waals surface area (Å²) in [4.78, 5) is 0. The molecular formula is C15H16NOPSi+. The molecule has 1 unspecified atom stereocenters. The molecule has 0 N–H and O–H groups in total. The molecule has 0 aliphatic carbocycles. The first-order chi connectivity index (χ1) is 9.25. The minimum atomic E-state index is -0.580. The highest BCUT2D eigenvalue weighted by Gasteiger charge is 2.22. The van der Waals surface area contributed by atoms with Gasteiger partial charge in [0.05, 0.1) is 5.56 Å². The van der Waals surface area contributed by atoms with E-state index in [1.165, 1.54) is 10.8 Å². The third kappa shape index (κ3) is 2.49. The van der Waals surface area contributed by atoms with Crippen LogP contribution in [0.25, 0.3) is 0 Å². The van der Waals surface area contributed by atoms with Crippen molar-refractivity contribution >= 4 is 34.3 Å². The molecular weight excluding hydrogens is 269 g/mol. The van der Waals surface area contributed by atoms with Gasteiger partial charge in [0.25, 0.3) is 6.73 Å². The van der Waals surface area contributed by atoms with Crippen LogP contribution >= 0.6 is 8.79 Å². The molecule has 1 heterocycles. The number of hydrogen-bond donors (Lipinski definition) is 0. The molecule has 3 rings (SSSR count). The molecule has 2 nitrogen and oxygen atoms in total. The number of fused-ring (bicyclic) bond motifs is 1. The van der Waals surface area contributed by atoms with Crippen molar-refractivity contribution in [2.45, 2.75) is 6.55 Å². The van der Waals surface area contributed by atoms with E-state index in [0.29, 0.717) is 6.73 Å². The van der Waals surface area contributed by atoms with E-state index < -0.39 is 8.46 Å². The molecule has 1 aliphatic rings. The second kappa shape index (κ2) is 5.28. The van der Waals surface area contributed by atoms with Crippen LogP contribution in [0, 0.1) is 0 Å². The predicted molar refractivity (Wildman–Crippen MR) is 84.4 cm³/mol. The fourth-order valence-electron chi connectivity index (χ4n) is 2.24. The smallest absolute Gasteiger partial charge is 0.292 e. The average Bonchev–Trinajstić information content (AvgIpc) is 2.47. The molecule has 19 heavy (non-hydrogen) atoms. The molecule has 0 saturated carbocycles. The Kier molecular flexibility index (Phi) is 3.49. The second-order valence-corrected chi connectivity index (χ2v) is 9.12. The first kappa shape index (κ1) is 12.6. The highest BCUT2D eigenvalue weighted by atomic mass is 31.3. The van der Waals surface area contributed by atoms with Crippen LogP contribution in [0.4, 0.5) is 5.69 Å². The zero-order valence-corrected chi connectivity index (χ0v) is 13.0. The minimum Gasteiger partial charge on any atom is -0.435 e. The summed E-state index contributed by atoms with van der Waals surface area (Å²) in [6, 6.07) is 16.7. The van der Waals surface area contributed by atoms with Crippen LogP contribution in [-0.4, -0.2) is 26.0 Å². The van der Waals surface area contributed by atoms with Gasteiger partial charge in [-0.15, -0.1) is 8.79 Å². The molecule has 2 aromatic rings. The molecule has 0 fully saturated rings. The van der Waals surface area contributed by atoms with Crippen LogP contribution in [0.5, 0.6) is 5.75 Å². The van der Waals surface area contributed by atoms with Gasteiger partial charge >= 0.3 is 0 Å². The zero-order valence-electron chi connectivity index (χ0n) is 10.8. The van der Waals surface area contributed by atoms with Crippen molar-refractivity contribution in [1.82, 2.24) is 0 Å². The van der Waals surface area contributed by atoms with Crippen molar-refractivity contribution < 1.29 is 9.31 Å². The van der Waals surface area contributed by atoms with Crippen molar-refractivity contribution in [3.63, 3.8) is 0 Å². The standard InChI is InChI=1S/C15H16NOPSi/c1-19(18)14-9-5-6-12-10-16(11-17-15(12)14)13-7-3-2-4-8-13/h2-10H,11,18H2,1H3/q+1. The topological polar surface area (TPSA) is 12.2 Å². The Labute approximate surface area is 117 Å². The third-order valence-electron chi connectivity index (χ3n) is 3.20. The third-order valence-corrected chi connectivity index (χ3v) is 5.38. The highest BCUT2D eigenvalue weighted by Crippen LogP contribution is 2.22. The zero-order chi connectivity index (χ0) is 13.2. The summed E-state index contributed by atoms with van der Waals surface area (Å²) in [5, 5.41) is 1.34. The fraction of sp³-hybridized carbons (Fsp3) is 0.133. The number of nitrogens with zero attached hydrogens (tertiary/aromatic N) is 1. The molecule has 0 saturated heterocycles. The highest BCUT2D eigenvalue weighted by molar-refractivity contribution is 7.65. The van der Waals surface area contributed by atoms with Gasteiger partial charge in [0.1, 0.15) is 14.2 Å². The van der Waals surface area contributed by atoms with E-state index in [4.69, 9.17) is 4.74 Å². The van der Waals surface area contributed by atoms with Gasteiger partial charge in [0.2, 0.25) is 5.69 Å². The van der Waals surface area contributed by atoms with E-state index in [1.807, 2.05) is 18.2 Å². The molecule has 2 aromatic carbocycles. The van der Waals surface area contributed by atoms with E-state index in [9.17, 15) is 0 Å². The normalized spacial score (nSPS) is 13.7. The average molecular weight is 285 g/mol. The Bertz CT molecular complexity index is 625. The van der Waals surface area contributed by atoms with Crippen LogP contribution in [0.1, 0.15) is 5.56 Å². The molecule has 1 radical (unpaired) electrons. The van der Waals surface area contributed by atoms with E-state index in [0.717, 1.165) is 11.4 Å². The monoisotopic (exact) mass is 285 g/mol. The van der Waals surface area contributed by atoms with Crippen LogP contribution < -0.4 is 9.92 Å². The summed E-state index contributed by atoms with van der Waals surface area (Å²) in [5.74, 6) is 1.06. The van der Waals surface area contributed by atoms with Gasteiger partial charge in [-0.3, -0.25) is 0 Å². The number of hydrogen-bond acceptors (Lipinski definition) is 1. The van der Waals surface area contributed by atoms with Crippen molar-refractivity contribution in [2.75, 3.05) is 6.73 Å².